The largest absolute Gasteiger partial charge is 0.494 e. The Balaban J connectivity index is 2.18. The van der Waals surface area contributed by atoms with Crippen LogP contribution in [0.25, 0.3) is 5.69 Å². The van der Waals surface area contributed by atoms with E-state index in [4.69, 9.17) is 9.84 Å². The van der Waals surface area contributed by atoms with E-state index in [1.54, 1.807) is 0 Å². The molecule has 0 aliphatic heterocycles. The van der Waals surface area contributed by atoms with Crippen molar-refractivity contribution >= 4 is 17.7 Å². The van der Waals surface area contributed by atoms with Crippen LogP contribution in [0.4, 0.5) is 0 Å². The Kier molecular flexibility index (Phi) is 5.21. The molecule has 21 heavy (non-hydrogen) atoms. The molecule has 0 bridgehead atoms. The van der Waals surface area contributed by atoms with Crippen LogP contribution >= 0.6 is 11.8 Å². The van der Waals surface area contributed by atoms with E-state index < -0.39 is 5.97 Å². The second kappa shape index (κ2) is 7.12. The van der Waals surface area contributed by atoms with Crippen LogP contribution in [0.15, 0.2) is 29.4 Å². The summed E-state index contributed by atoms with van der Waals surface area (Å²) < 4.78 is 7.32. The van der Waals surface area contributed by atoms with E-state index in [-0.39, 0.29) is 6.42 Å². The van der Waals surface area contributed by atoms with E-state index in [1.165, 1.54) is 11.8 Å². The molecule has 0 spiro atoms. The zero-order valence-electron chi connectivity index (χ0n) is 11.9. The van der Waals surface area contributed by atoms with Gasteiger partial charge in [-0.2, -0.15) is 0 Å². The van der Waals surface area contributed by atoms with Gasteiger partial charge < -0.3 is 9.84 Å². The van der Waals surface area contributed by atoms with Gasteiger partial charge in [-0.3, -0.25) is 9.36 Å². The Hall–Kier alpha value is -2.02. The summed E-state index contributed by atoms with van der Waals surface area (Å²) in [6.07, 6.45) is 0.0971. The Bertz CT molecular complexity index is 610. The monoisotopic (exact) mass is 307 g/mol. The highest BCUT2D eigenvalue weighted by atomic mass is 32.2. The van der Waals surface area contributed by atoms with E-state index >= 15 is 0 Å². The average Bonchev–Trinajstić information content (AvgIpc) is 2.81. The Labute approximate surface area is 127 Å². The molecule has 2 rings (SSSR count). The van der Waals surface area contributed by atoms with Crippen molar-refractivity contribution in [3.63, 3.8) is 0 Å². The Morgan fingerprint density at radius 2 is 2.05 bits per heavy atom. The number of carboxylic acids is 1. The van der Waals surface area contributed by atoms with Crippen LogP contribution in [0.3, 0.4) is 0 Å². The van der Waals surface area contributed by atoms with Crippen molar-refractivity contribution in [2.75, 3.05) is 12.4 Å². The number of benzene rings is 1. The number of aromatic nitrogens is 3. The minimum atomic E-state index is -0.814. The number of hydrogen-bond acceptors (Lipinski definition) is 5. The molecule has 1 heterocycles. The maximum absolute atomic E-state index is 10.6. The van der Waals surface area contributed by atoms with Crippen molar-refractivity contribution in [1.82, 2.24) is 14.8 Å². The summed E-state index contributed by atoms with van der Waals surface area (Å²) in [5.41, 5.74) is 0.929. The lowest BCUT2D eigenvalue weighted by Crippen LogP contribution is -2.01. The molecule has 1 aromatic carbocycles. The van der Waals surface area contributed by atoms with Crippen molar-refractivity contribution in [1.29, 1.82) is 0 Å². The van der Waals surface area contributed by atoms with E-state index in [0.717, 1.165) is 17.3 Å². The average molecular weight is 307 g/mol. The van der Waals surface area contributed by atoms with Gasteiger partial charge in [-0.1, -0.05) is 11.8 Å². The topological polar surface area (TPSA) is 77.2 Å². The fraction of sp³-hybridized carbons (Fsp3) is 0.357. The number of rotatable bonds is 7. The van der Waals surface area contributed by atoms with Crippen LogP contribution in [0.5, 0.6) is 5.75 Å². The zero-order chi connectivity index (χ0) is 15.2. The van der Waals surface area contributed by atoms with Crippen LogP contribution < -0.4 is 4.74 Å². The third-order valence-corrected chi connectivity index (χ3v) is 3.68. The van der Waals surface area contributed by atoms with Gasteiger partial charge in [0.25, 0.3) is 0 Å². The molecule has 112 valence electrons. The SMILES string of the molecule is CCOc1ccc(-n2c(C)nnc2SCCC(=O)O)cc1. The van der Waals surface area contributed by atoms with Gasteiger partial charge in [-0.05, 0) is 38.1 Å². The molecule has 0 fully saturated rings. The molecule has 7 heteroatoms. The lowest BCUT2D eigenvalue weighted by atomic mass is 10.3. The summed E-state index contributed by atoms with van der Waals surface area (Å²) in [6, 6.07) is 7.65. The maximum Gasteiger partial charge on any atom is 0.304 e. The summed E-state index contributed by atoms with van der Waals surface area (Å²) in [7, 11) is 0. The highest BCUT2D eigenvalue weighted by Crippen LogP contribution is 2.23. The molecular formula is C14H17N3O3S. The summed E-state index contributed by atoms with van der Waals surface area (Å²) in [5, 5.41) is 17.5. The molecule has 2 aromatic rings. The van der Waals surface area contributed by atoms with Gasteiger partial charge in [0.05, 0.1) is 13.0 Å². The third kappa shape index (κ3) is 3.98. The second-order valence-corrected chi connectivity index (χ2v) is 5.35. The molecular weight excluding hydrogens is 290 g/mol. The van der Waals surface area contributed by atoms with Crippen molar-refractivity contribution in [3.05, 3.63) is 30.1 Å². The maximum atomic E-state index is 10.6. The van der Waals surface area contributed by atoms with Crippen molar-refractivity contribution in [2.45, 2.75) is 25.4 Å². The normalized spacial score (nSPS) is 10.6. The van der Waals surface area contributed by atoms with Crippen LogP contribution in [0, 0.1) is 6.92 Å². The highest BCUT2D eigenvalue weighted by Gasteiger charge is 2.12. The summed E-state index contributed by atoms with van der Waals surface area (Å²) in [6.45, 7) is 4.43. The minimum Gasteiger partial charge on any atom is -0.494 e. The second-order valence-electron chi connectivity index (χ2n) is 4.28. The molecule has 0 saturated carbocycles. The number of aliphatic carboxylic acids is 1. The van der Waals surface area contributed by atoms with E-state index in [0.29, 0.717) is 17.5 Å². The number of carbonyl (C=O) groups is 1. The molecule has 0 atom stereocenters. The lowest BCUT2D eigenvalue weighted by molar-refractivity contribution is -0.136. The first-order valence-electron chi connectivity index (χ1n) is 6.61. The van der Waals surface area contributed by atoms with Gasteiger partial charge in [-0.25, -0.2) is 0 Å². The quantitative estimate of drug-likeness (QED) is 0.792. The number of hydrogen-bond donors (Lipinski definition) is 1. The first kappa shape index (κ1) is 15.4. The zero-order valence-corrected chi connectivity index (χ0v) is 12.8. The summed E-state index contributed by atoms with van der Waals surface area (Å²) in [4.78, 5) is 10.6. The number of aryl methyl sites for hydroxylation is 1. The van der Waals surface area contributed by atoms with E-state index in [2.05, 4.69) is 10.2 Å². The standard InChI is InChI=1S/C14H17N3O3S/c1-3-20-12-6-4-11(5-7-12)17-10(2)15-16-14(17)21-9-8-13(18)19/h4-7H,3,8-9H2,1-2H3,(H,18,19). The Morgan fingerprint density at radius 3 is 2.67 bits per heavy atom. The fourth-order valence-corrected chi connectivity index (χ4v) is 2.75. The molecule has 0 aliphatic rings. The van der Waals surface area contributed by atoms with Crippen molar-refractivity contribution < 1.29 is 14.6 Å². The number of thioether (sulfide) groups is 1. The number of carboxylic acid groups (broad SMARTS) is 1. The predicted octanol–water partition coefficient (Wildman–Crippen LogP) is 2.54. The lowest BCUT2D eigenvalue weighted by Gasteiger charge is -2.09. The fourth-order valence-electron chi connectivity index (χ4n) is 1.82. The number of nitrogens with zero attached hydrogens (tertiary/aromatic N) is 3. The molecule has 0 aliphatic carbocycles. The van der Waals surface area contributed by atoms with Gasteiger partial charge in [0, 0.05) is 11.4 Å². The third-order valence-electron chi connectivity index (χ3n) is 2.75. The van der Waals surface area contributed by atoms with Gasteiger partial charge in [0.15, 0.2) is 5.16 Å². The van der Waals surface area contributed by atoms with Gasteiger partial charge in [-0.15, -0.1) is 10.2 Å². The van der Waals surface area contributed by atoms with Crippen molar-refractivity contribution in [2.24, 2.45) is 0 Å². The Morgan fingerprint density at radius 1 is 1.33 bits per heavy atom. The summed E-state index contributed by atoms with van der Waals surface area (Å²) in [5.74, 6) is 1.22. The molecule has 6 nitrogen and oxygen atoms in total. The predicted molar refractivity (Wildman–Crippen MR) is 80.2 cm³/mol. The van der Waals surface area contributed by atoms with Crippen LogP contribution in [0.2, 0.25) is 0 Å². The molecule has 1 N–H and O–H groups in total. The molecule has 0 radical (unpaired) electrons. The van der Waals surface area contributed by atoms with Crippen molar-refractivity contribution in [3.8, 4) is 11.4 Å². The molecule has 0 saturated heterocycles. The van der Waals surface area contributed by atoms with E-state index in [9.17, 15) is 4.79 Å². The highest BCUT2D eigenvalue weighted by molar-refractivity contribution is 7.99. The van der Waals surface area contributed by atoms with Crippen LogP contribution in [0.1, 0.15) is 19.2 Å². The molecule has 0 unspecified atom stereocenters. The molecule has 1 aromatic heterocycles. The number of ether oxygens (including phenoxy) is 1. The first-order chi connectivity index (χ1) is 10.1. The smallest absolute Gasteiger partial charge is 0.304 e. The minimum absolute atomic E-state index is 0.0971. The molecule has 0 amide bonds. The first-order valence-corrected chi connectivity index (χ1v) is 7.60. The van der Waals surface area contributed by atoms with E-state index in [1.807, 2.05) is 42.7 Å². The van der Waals surface area contributed by atoms with Gasteiger partial charge >= 0.3 is 5.97 Å². The van der Waals surface area contributed by atoms with Crippen LogP contribution in [-0.4, -0.2) is 38.2 Å². The van der Waals surface area contributed by atoms with Crippen LogP contribution in [-0.2, 0) is 4.79 Å². The van der Waals surface area contributed by atoms with Gasteiger partial charge in [0.1, 0.15) is 11.6 Å². The summed E-state index contributed by atoms with van der Waals surface area (Å²) >= 11 is 1.38. The van der Waals surface area contributed by atoms with Gasteiger partial charge in [0.2, 0.25) is 0 Å².